The summed E-state index contributed by atoms with van der Waals surface area (Å²) in [4.78, 5) is 9.21. The molecular weight excluding hydrogens is 288 g/mol. The fraction of sp³-hybridized carbons (Fsp3) is 0.500. The molecule has 0 saturated heterocycles. The number of fused-ring (bicyclic) bond motifs is 3. The molecule has 0 aromatic carbocycles. The van der Waals surface area contributed by atoms with Gasteiger partial charge in [-0.1, -0.05) is 6.92 Å². The zero-order valence-corrected chi connectivity index (χ0v) is 13.3. The average Bonchev–Trinajstić information content (AvgIpc) is 3.19. The molecule has 0 amide bonds. The highest BCUT2D eigenvalue weighted by atomic mass is 16.3. The predicted molar refractivity (Wildman–Crippen MR) is 87.9 cm³/mol. The molecule has 0 unspecified atom stereocenters. The Balaban J connectivity index is 1.79. The van der Waals surface area contributed by atoms with Crippen LogP contribution in [0, 0.1) is 17.2 Å². The number of aromatic nitrogens is 3. The summed E-state index contributed by atoms with van der Waals surface area (Å²) < 4.78 is 8.09. The molecule has 1 saturated carbocycles. The van der Waals surface area contributed by atoms with Gasteiger partial charge in [-0.05, 0) is 31.6 Å². The van der Waals surface area contributed by atoms with E-state index < -0.39 is 0 Å². The van der Waals surface area contributed by atoms with E-state index in [0.29, 0.717) is 18.4 Å². The third-order valence-electron chi connectivity index (χ3n) is 5.07. The molecular formula is C18H20N4O. The van der Waals surface area contributed by atoms with E-state index in [1.807, 2.05) is 12.3 Å². The first-order valence-corrected chi connectivity index (χ1v) is 8.41. The molecule has 1 fully saturated rings. The normalized spacial score (nSPS) is 21.7. The monoisotopic (exact) mass is 308 g/mol. The second-order valence-corrected chi connectivity index (χ2v) is 6.42. The summed E-state index contributed by atoms with van der Waals surface area (Å²) in [5, 5.41) is 8.90. The van der Waals surface area contributed by atoms with Crippen LogP contribution in [0.1, 0.15) is 50.9 Å². The molecule has 0 spiro atoms. The Labute approximate surface area is 134 Å². The number of rotatable bonds is 3. The number of aryl methyl sites for hydroxylation is 1. The minimum absolute atomic E-state index is 0.445. The lowest BCUT2D eigenvalue weighted by atomic mass is 9.84. The third-order valence-corrected chi connectivity index (χ3v) is 5.07. The van der Waals surface area contributed by atoms with Crippen LogP contribution in [-0.2, 0) is 6.42 Å². The van der Waals surface area contributed by atoms with Crippen molar-refractivity contribution in [1.82, 2.24) is 14.5 Å². The van der Waals surface area contributed by atoms with Crippen molar-refractivity contribution < 1.29 is 4.42 Å². The summed E-state index contributed by atoms with van der Waals surface area (Å²) in [5.74, 6) is 1.66. The maximum atomic E-state index is 8.90. The van der Waals surface area contributed by atoms with E-state index in [1.165, 1.54) is 0 Å². The first-order chi connectivity index (χ1) is 11.3. The zero-order chi connectivity index (χ0) is 15.8. The van der Waals surface area contributed by atoms with E-state index in [9.17, 15) is 0 Å². The highest BCUT2D eigenvalue weighted by Crippen LogP contribution is 2.38. The molecule has 3 aromatic rings. The van der Waals surface area contributed by atoms with E-state index in [4.69, 9.17) is 14.7 Å². The number of pyridine rings is 1. The Morgan fingerprint density at radius 3 is 2.87 bits per heavy atom. The summed E-state index contributed by atoms with van der Waals surface area (Å²) in [6.45, 7) is 2.14. The Hall–Kier alpha value is -2.35. The Kier molecular flexibility index (Phi) is 3.53. The molecule has 118 valence electrons. The van der Waals surface area contributed by atoms with Crippen LogP contribution in [0.5, 0.6) is 0 Å². The van der Waals surface area contributed by atoms with Gasteiger partial charge in [-0.3, -0.25) is 4.98 Å². The van der Waals surface area contributed by atoms with Crippen LogP contribution in [0.2, 0.25) is 0 Å². The molecule has 3 aromatic heterocycles. The third kappa shape index (κ3) is 2.29. The highest BCUT2D eigenvalue weighted by Gasteiger charge is 2.26. The number of nitriles is 1. The fourth-order valence-electron chi connectivity index (χ4n) is 3.91. The van der Waals surface area contributed by atoms with Crippen molar-refractivity contribution in [3.63, 3.8) is 0 Å². The fourth-order valence-corrected chi connectivity index (χ4v) is 3.91. The molecule has 0 bridgehead atoms. The Morgan fingerprint density at radius 1 is 1.30 bits per heavy atom. The van der Waals surface area contributed by atoms with Crippen LogP contribution in [0.4, 0.5) is 0 Å². The van der Waals surface area contributed by atoms with E-state index in [2.05, 4.69) is 22.5 Å². The summed E-state index contributed by atoms with van der Waals surface area (Å²) in [5.41, 5.74) is 3.73. The average molecular weight is 308 g/mol. The topological polar surface area (TPSA) is 67.6 Å². The number of hydrogen-bond acceptors (Lipinski definition) is 4. The van der Waals surface area contributed by atoms with Gasteiger partial charge >= 0.3 is 0 Å². The van der Waals surface area contributed by atoms with Crippen molar-refractivity contribution in [2.45, 2.75) is 51.5 Å². The zero-order valence-electron chi connectivity index (χ0n) is 13.3. The predicted octanol–water partition coefficient (Wildman–Crippen LogP) is 4.38. The van der Waals surface area contributed by atoms with E-state index in [1.54, 1.807) is 6.26 Å². The van der Waals surface area contributed by atoms with Gasteiger partial charge in [-0.25, -0.2) is 4.98 Å². The van der Waals surface area contributed by atoms with Gasteiger partial charge in [0.2, 0.25) is 0 Å². The van der Waals surface area contributed by atoms with Crippen molar-refractivity contribution in [2.24, 2.45) is 5.92 Å². The van der Waals surface area contributed by atoms with Gasteiger partial charge in [-0.15, -0.1) is 0 Å². The summed E-state index contributed by atoms with van der Waals surface area (Å²) in [6, 6.07) is 4.67. The van der Waals surface area contributed by atoms with E-state index in [-0.39, 0.29) is 0 Å². The molecule has 5 nitrogen and oxygen atoms in total. The largest absolute Gasteiger partial charge is 0.460 e. The van der Waals surface area contributed by atoms with Gasteiger partial charge in [0.05, 0.1) is 18.5 Å². The lowest BCUT2D eigenvalue weighted by Gasteiger charge is -2.29. The molecule has 0 atom stereocenters. The molecule has 0 N–H and O–H groups in total. The molecule has 4 rings (SSSR count). The molecule has 1 aliphatic carbocycles. The number of nitrogens with zero attached hydrogens (tertiary/aromatic N) is 4. The minimum atomic E-state index is 0.445. The number of hydrogen-bond donors (Lipinski definition) is 0. The van der Waals surface area contributed by atoms with Gasteiger partial charge in [0, 0.05) is 24.9 Å². The smallest absolute Gasteiger partial charge is 0.178 e. The summed E-state index contributed by atoms with van der Waals surface area (Å²) >= 11 is 0. The standard InChI is InChI=1S/C18H20N4O/c1-2-16-21-15-11-20-14-8-10-23-18(14)17(15)22(16)13-5-3-12(4-6-13)7-9-19/h8,10-13H,2-7H2,1H3. The van der Waals surface area contributed by atoms with Crippen molar-refractivity contribution in [1.29, 1.82) is 5.26 Å². The van der Waals surface area contributed by atoms with Crippen molar-refractivity contribution >= 4 is 22.1 Å². The van der Waals surface area contributed by atoms with Gasteiger partial charge in [0.15, 0.2) is 5.58 Å². The molecule has 23 heavy (non-hydrogen) atoms. The van der Waals surface area contributed by atoms with Gasteiger partial charge in [-0.2, -0.15) is 5.26 Å². The molecule has 1 aliphatic rings. The number of furan rings is 1. The van der Waals surface area contributed by atoms with Gasteiger partial charge in [0.1, 0.15) is 22.4 Å². The van der Waals surface area contributed by atoms with Gasteiger partial charge in [0.25, 0.3) is 0 Å². The van der Waals surface area contributed by atoms with Crippen LogP contribution in [0.15, 0.2) is 22.9 Å². The first-order valence-electron chi connectivity index (χ1n) is 8.41. The minimum Gasteiger partial charge on any atom is -0.460 e. The molecule has 5 heteroatoms. The highest BCUT2D eigenvalue weighted by molar-refractivity contribution is 5.98. The van der Waals surface area contributed by atoms with Crippen LogP contribution >= 0.6 is 0 Å². The van der Waals surface area contributed by atoms with Crippen LogP contribution in [-0.4, -0.2) is 14.5 Å². The summed E-state index contributed by atoms with van der Waals surface area (Å²) in [6.07, 6.45) is 9.58. The molecule has 0 radical (unpaired) electrons. The van der Waals surface area contributed by atoms with Crippen molar-refractivity contribution in [3.8, 4) is 6.07 Å². The lowest BCUT2D eigenvalue weighted by molar-refractivity contribution is 0.278. The lowest BCUT2D eigenvalue weighted by Crippen LogP contribution is -2.19. The van der Waals surface area contributed by atoms with Gasteiger partial charge < -0.3 is 8.98 Å². The van der Waals surface area contributed by atoms with Crippen molar-refractivity contribution in [3.05, 3.63) is 24.4 Å². The number of imidazole rings is 1. The maximum absolute atomic E-state index is 8.90. The van der Waals surface area contributed by atoms with Crippen LogP contribution in [0.3, 0.4) is 0 Å². The Morgan fingerprint density at radius 2 is 2.13 bits per heavy atom. The molecule has 0 aliphatic heterocycles. The second-order valence-electron chi connectivity index (χ2n) is 6.42. The van der Waals surface area contributed by atoms with E-state index >= 15 is 0 Å². The maximum Gasteiger partial charge on any atom is 0.178 e. The quantitative estimate of drug-likeness (QED) is 0.720. The van der Waals surface area contributed by atoms with Crippen LogP contribution in [0.25, 0.3) is 22.1 Å². The van der Waals surface area contributed by atoms with Crippen LogP contribution < -0.4 is 0 Å². The summed E-state index contributed by atoms with van der Waals surface area (Å²) in [7, 11) is 0. The first kappa shape index (κ1) is 14.3. The second kappa shape index (κ2) is 5.69. The van der Waals surface area contributed by atoms with E-state index in [0.717, 1.165) is 60.1 Å². The van der Waals surface area contributed by atoms with Crippen molar-refractivity contribution in [2.75, 3.05) is 0 Å². The SMILES string of the molecule is CCc1nc2cnc3ccoc3c2n1C1CCC(CC#N)CC1. The Bertz CT molecular complexity index is 878. The molecule has 3 heterocycles.